The smallest absolute Gasteiger partial charge is 0.155 e. The van der Waals surface area contributed by atoms with Gasteiger partial charge >= 0.3 is 0 Å². The molecule has 2 atom stereocenters. The predicted molar refractivity (Wildman–Crippen MR) is 65.0 cm³/mol. The molecule has 0 radical (unpaired) electrons. The van der Waals surface area contributed by atoms with Crippen LogP contribution in [0.3, 0.4) is 0 Å². The summed E-state index contributed by atoms with van der Waals surface area (Å²) >= 11 is 0. The van der Waals surface area contributed by atoms with Gasteiger partial charge in [-0.25, -0.2) is 8.42 Å². The Kier molecular flexibility index (Phi) is 3.01. The number of aliphatic hydroxyl groups is 1. The van der Waals surface area contributed by atoms with Gasteiger partial charge in [0.2, 0.25) is 0 Å². The number of hydrogen-bond acceptors (Lipinski definition) is 5. The Hall–Kier alpha value is -1.27. The Morgan fingerprint density at radius 1 is 1.24 bits per heavy atom. The molecule has 1 heterocycles. The van der Waals surface area contributed by atoms with Gasteiger partial charge in [0.15, 0.2) is 9.84 Å². The minimum atomic E-state index is -3.15. The molecule has 0 bridgehead atoms. The molecule has 2 N–H and O–H groups in total. The van der Waals surface area contributed by atoms with Gasteiger partial charge < -0.3 is 15.1 Å². The maximum absolute atomic E-state index is 11.4. The topological polar surface area (TPSA) is 77.8 Å². The number of aliphatic hydroxyl groups excluding tert-OH is 1. The van der Waals surface area contributed by atoms with Crippen molar-refractivity contribution < 1.29 is 18.6 Å². The van der Waals surface area contributed by atoms with Crippen LogP contribution in [-0.4, -0.2) is 49.3 Å². The van der Waals surface area contributed by atoms with Crippen LogP contribution in [0, 0.1) is 0 Å². The van der Waals surface area contributed by atoms with Crippen LogP contribution < -0.4 is 4.90 Å². The third-order valence-electron chi connectivity index (χ3n) is 3.05. The Morgan fingerprint density at radius 2 is 1.82 bits per heavy atom. The predicted octanol–water partition coefficient (Wildman–Crippen LogP) is -0.0137. The molecule has 2 rings (SSSR count). The summed E-state index contributed by atoms with van der Waals surface area (Å²) in [6.07, 6.45) is -0.862. The minimum absolute atomic E-state index is 0.0362. The van der Waals surface area contributed by atoms with Crippen molar-refractivity contribution in [3.8, 4) is 5.75 Å². The van der Waals surface area contributed by atoms with E-state index in [1.165, 1.54) is 12.1 Å². The Morgan fingerprint density at radius 3 is 2.29 bits per heavy atom. The summed E-state index contributed by atoms with van der Waals surface area (Å²) in [6.45, 7) is 0. The van der Waals surface area contributed by atoms with Crippen molar-refractivity contribution >= 4 is 15.5 Å². The number of nitrogens with zero attached hydrogens (tertiary/aromatic N) is 1. The van der Waals surface area contributed by atoms with Gasteiger partial charge in [-0.2, -0.15) is 0 Å². The third kappa shape index (κ3) is 2.53. The van der Waals surface area contributed by atoms with Gasteiger partial charge in [0.1, 0.15) is 5.75 Å². The number of aromatic hydroxyl groups is 1. The van der Waals surface area contributed by atoms with E-state index in [2.05, 4.69) is 0 Å². The molecule has 5 nitrogen and oxygen atoms in total. The maximum atomic E-state index is 11.4. The van der Waals surface area contributed by atoms with Gasteiger partial charge in [-0.3, -0.25) is 0 Å². The second-order valence-corrected chi connectivity index (χ2v) is 6.49. The van der Waals surface area contributed by atoms with Crippen LogP contribution in [-0.2, 0) is 9.84 Å². The van der Waals surface area contributed by atoms with Gasteiger partial charge in [-0.05, 0) is 24.3 Å². The van der Waals surface area contributed by atoms with Crippen molar-refractivity contribution in [3.05, 3.63) is 24.3 Å². The molecule has 1 aliphatic heterocycles. The number of sulfone groups is 1. The zero-order chi connectivity index (χ0) is 12.6. The van der Waals surface area contributed by atoms with Crippen LogP contribution in [0.2, 0.25) is 0 Å². The molecule has 6 heteroatoms. The SMILES string of the molecule is CN(c1ccc(O)cc1)[C@@H]1CS(=O)(=O)C[C@H]1O. The molecule has 1 saturated heterocycles. The van der Waals surface area contributed by atoms with Gasteiger partial charge in [-0.1, -0.05) is 0 Å². The summed E-state index contributed by atoms with van der Waals surface area (Å²) < 4.78 is 22.8. The summed E-state index contributed by atoms with van der Waals surface area (Å²) in [7, 11) is -1.41. The monoisotopic (exact) mass is 257 g/mol. The molecule has 17 heavy (non-hydrogen) atoms. The van der Waals surface area contributed by atoms with Crippen molar-refractivity contribution in [2.75, 3.05) is 23.5 Å². The van der Waals surface area contributed by atoms with E-state index in [1.807, 2.05) is 0 Å². The Labute approximate surface area is 100 Å². The largest absolute Gasteiger partial charge is 0.508 e. The van der Waals surface area contributed by atoms with Crippen molar-refractivity contribution in [2.45, 2.75) is 12.1 Å². The normalized spacial score (nSPS) is 26.9. The quantitative estimate of drug-likeness (QED) is 0.779. The first-order valence-corrected chi connectivity index (χ1v) is 7.11. The van der Waals surface area contributed by atoms with E-state index in [0.29, 0.717) is 0 Å². The summed E-state index contributed by atoms with van der Waals surface area (Å²) in [5.41, 5.74) is 0.768. The minimum Gasteiger partial charge on any atom is -0.508 e. The standard InChI is InChI=1S/C11H15NO4S/c1-12(8-2-4-9(13)5-3-8)10-6-17(15,16)7-11(10)14/h2-5,10-11,13-14H,6-7H2,1H3/t10-,11-/m1/s1. The number of rotatable bonds is 2. The highest BCUT2D eigenvalue weighted by molar-refractivity contribution is 7.91. The molecule has 1 aromatic carbocycles. The van der Waals surface area contributed by atoms with Crippen LogP contribution >= 0.6 is 0 Å². The summed E-state index contributed by atoms with van der Waals surface area (Å²) in [5, 5.41) is 18.9. The van der Waals surface area contributed by atoms with Crippen LogP contribution in [0.4, 0.5) is 5.69 Å². The van der Waals surface area contributed by atoms with E-state index in [4.69, 9.17) is 0 Å². The molecular formula is C11H15NO4S. The lowest BCUT2D eigenvalue weighted by molar-refractivity contribution is 0.180. The summed E-state index contributed by atoms with van der Waals surface area (Å²) in [5.74, 6) is -0.0622. The van der Waals surface area contributed by atoms with Crippen molar-refractivity contribution in [2.24, 2.45) is 0 Å². The van der Waals surface area contributed by atoms with Crippen LogP contribution in [0.15, 0.2) is 24.3 Å². The molecule has 1 aromatic rings. The fourth-order valence-corrected chi connectivity index (χ4v) is 3.90. The second-order valence-electron chi connectivity index (χ2n) is 4.34. The van der Waals surface area contributed by atoms with Crippen LogP contribution in [0.5, 0.6) is 5.75 Å². The molecule has 1 aliphatic rings. The van der Waals surface area contributed by atoms with E-state index in [1.54, 1.807) is 24.1 Å². The molecule has 94 valence electrons. The van der Waals surface area contributed by atoms with Gasteiger partial charge in [0.25, 0.3) is 0 Å². The number of phenols is 1. The molecule has 0 aromatic heterocycles. The molecule has 0 aliphatic carbocycles. The number of hydrogen-bond donors (Lipinski definition) is 2. The highest BCUT2D eigenvalue weighted by Gasteiger charge is 2.38. The number of likely N-dealkylation sites (N-methyl/N-ethyl adjacent to an activating group) is 1. The lowest BCUT2D eigenvalue weighted by Crippen LogP contribution is -2.40. The van der Waals surface area contributed by atoms with Crippen LogP contribution in [0.1, 0.15) is 0 Å². The number of anilines is 1. The Bertz CT molecular complexity index is 497. The average Bonchev–Trinajstić information content (AvgIpc) is 2.52. The van der Waals surface area contributed by atoms with E-state index in [0.717, 1.165) is 5.69 Å². The van der Waals surface area contributed by atoms with E-state index >= 15 is 0 Å². The lowest BCUT2D eigenvalue weighted by atomic mass is 10.1. The fraction of sp³-hybridized carbons (Fsp3) is 0.455. The van der Waals surface area contributed by atoms with Crippen LogP contribution in [0.25, 0.3) is 0 Å². The highest BCUT2D eigenvalue weighted by Crippen LogP contribution is 2.24. The van der Waals surface area contributed by atoms with E-state index < -0.39 is 22.0 Å². The first-order valence-electron chi connectivity index (χ1n) is 5.29. The van der Waals surface area contributed by atoms with Crippen molar-refractivity contribution in [1.82, 2.24) is 0 Å². The molecule has 0 saturated carbocycles. The highest BCUT2D eigenvalue weighted by atomic mass is 32.2. The maximum Gasteiger partial charge on any atom is 0.155 e. The third-order valence-corrected chi connectivity index (χ3v) is 4.75. The fourth-order valence-electron chi connectivity index (χ4n) is 2.06. The number of phenolic OH excluding ortho intramolecular Hbond substituents is 1. The van der Waals surface area contributed by atoms with E-state index in [-0.39, 0.29) is 17.3 Å². The summed E-state index contributed by atoms with van der Waals surface area (Å²) in [4.78, 5) is 1.73. The lowest BCUT2D eigenvalue weighted by Gasteiger charge is -2.28. The molecule has 1 fully saturated rings. The molecule has 0 amide bonds. The van der Waals surface area contributed by atoms with E-state index in [9.17, 15) is 18.6 Å². The second kappa shape index (κ2) is 4.19. The number of benzene rings is 1. The average molecular weight is 257 g/mol. The molecule has 0 spiro atoms. The first-order chi connectivity index (χ1) is 7.89. The van der Waals surface area contributed by atoms with Crippen molar-refractivity contribution in [1.29, 1.82) is 0 Å². The van der Waals surface area contributed by atoms with Gasteiger partial charge in [0, 0.05) is 12.7 Å². The zero-order valence-electron chi connectivity index (χ0n) is 9.44. The van der Waals surface area contributed by atoms with Gasteiger partial charge in [-0.15, -0.1) is 0 Å². The van der Waals surface area contributed by atoms with Crippen molar-refractivity contribution in [3.63, 3.8) is 0 Å². The summed E-state index contributed by atoms with van der Waals surface area (Å²) in [6, 6.07) is 6.01. The van der Waals surface area contributed by atoms with Gasteiger partial charge in [0.05, 0.1) is 23.7 Å². The first kappa shape index (κ1) is 12.2. The molecule has 0 unspecified atom stereocenters. The molecular weight excluding hydrogens is 242 g/mol. The Balaban J connectivity index is 2.21. The zero-order valence-corrected chi connectivity index (χ0v) is 10.3.